The normalized spacial score (nSPS) is 17.0. The van der Waals surface area contributed by atoms with Gasteiger partial charge in [-0.2, -0.15) is 13.2 Å². The van der Waals surface area contributed by atoms with E-state index in [2.05, 4.69) is 15.6 Å². The van der Waals surface area contributed by atoms with Gasteiger partial charge in [0.05, 0.1) is 23.9 Å². The van der Waals surface area contributed by atoms with Crippen LogP contribution >= 0.6 is 0 Å². The highest BCUT2D eigenvalue weighted by molar-refractivity contribution is 6.08. The van der Waals surface area contributed by atoms with Crippen molar-refractivity contribution < 1.29 is 27.5 Å². The smallest absolute Gasteiger partial charge is 0.382 e. The fourth-order valence-electron chi connectivity index (χ4n) is 3.52. The molecule has 10 heteroatoms. The summed E-state index contributed by atoms with van der Waals surface area (Å²) in [6.45, 7) is -0.181. The highest BCUT2D eigenvalue weighted by atomic mass is 19.4. The number of hydrogen-bond acceptors (Lipinski definition) is 4. The zero-order valence-corrected chi connectivity index (χ0v) is 16.7. The van der Waals surface area contributed by atoms with Crippen molar-refractivity contribution in [2.24, 2.45) is 0 Å². The first kappa shape index (κ1) is 21.1. The van der Waals surface area contributed by atoms with Gasteiger partial charge in [0.2, 0.25) is 5.91 Å². The Morgan fingerprint density at radius 1 is 1.32 bits per heavy atom. The number of ether oxygens (including phenoxy) is 1. The summed E-state index contributed by atoms with van der Waals surface area (Å²) in [7, 11) is 1.42. The van der Waals surface area contributed by atoms with Crippen LogP contribution < -0.4 is 15.5 Å². The second-order valence-electron chi connectivity index (χ2n) is 7.63. The quantitative estimate of drug-likeness (QED) is 0.749. The van der Waals surface area contributed by atoms with E-state index < -0.39 is 23.8 Å². The Bertz CT molecular complexity index is 990. The molecular weight excluding hydrogens is 413 g/mol. The summed E-state index contributed by atoms with van der Waals surface area (Å²) in [4.78, 5) is 30.7. The van der Waals surface area contributed by atoms with Gasteiger partial charge in [0.1, 0.15) is 6.54 Å². The molecule has 1 aliphatic carbocycles. The number of rotatable bonds is 5. The maximum absolute atomic E-state index is 13.0. The number of amides is 3. The van der Waals surface area contributed by atoms with E-state index in [4.69, 9.17) is 4.74 Å². The summed E-state index contributed by atoms with van der Waals surface area (Å²) in [6, 6.07) is 5.03. The summed E-state index contributed by atoms with van der Waals surface area (Å²) >= 11 is 0. The van der Waals surface area contributed by atoms with Crippen molar-refractivity contribution in [3.05, 3.63) is 53.2 Å². The van der Waals surface area contributed by atoms with Crippen LogP contribution in [0.4, 0.5) is 29.5 Å². The van der Waals surface area contributed by atoms with Gasteiger partial charge in [-0.1, -0.05) is 12.1 Å². The Kier molecular flexibility index (Phi) is 5.57. The van der Waals surface area contributed by atoms with Crippen molar-refractivity contribution in [3.63, 3.8) is 0 Å². The van der Waals surface area contributed by atoms with Crippen molar-refractivity contribution in [3.8, 4) is 0 Å². The molecule has 1 unspecified atom stereocenters. The second kappa shape index (κ2) is 8.18. The molecule has 164 valence electrons. The summed E-state index contributed by atoms with van der Waals surface area (Å²) in [5.41, 5.74) is 1.15. The Morgan fingerprint density at radius 2 is 2.03 bits per heavy atom. The molecule has 3 amide bonds. The number of fused-ring (bicyclic) bond motifs is 1. The van der Waals surface area contributed by atoms with Gasteiger partial charge in [0.25, 0.3) is 0 Å². The number of anilines is 2. The molecule has 7 nitrogen and oxygen atoms in total. The second-order valence-corrected chi connectivity index (χ2v) is 7.63. The van der Waals surface area contributed by atoms with Crippen molar-refractivity contribution in [2.75, 3.05) is 30.5 Å². The van der Waals surface area contributed by atoms with Crippen LogP contribution in [-0.2, 0) is 15.7 Å². The molecule has 1 aliphatic heterocycles. The summed E-state index contributed by atoms with van der Waals surface area (Å²) in [5.74, 6) is 0.407. The zero-order chi connectivity index (χ0) is 22.2. The lowest BCUT2D eigenvalue weighted by Gasteiger charge is -2.30. The number of benzene rings is 1. The summed E-state index contributed by atoms with van der Waals surface area (Å²) < 4.78 is 43.6. The Morgan fingerprint density at radius 3 is 2.65 bits per heavy atom. The average molecular weight is 434 g/mol. The lowest BCUT2D eigenvalue weighted by atomic mass is 10.1. The fourth-order valence-corrected chi connectivity index (χ4v) is 3.52. The first-order chi connectivity index (χ1) is 14.8. The van der Waals surface area contributed by atoms with Gasteiger partial charge in [-0.25, -0.2) is 9.78 Å². The van der Waals surface area contributed by atoms with Crippen molar-refractivity contribution in [2.45, 2.75) is 31.0 Å². The van der Waals surface area contributed by atoms with Gasteiger partial charge < -0.3 is 15.4 Å². The van der Waals surface area contributed by atoms with Crippen LogP contribution in [0.15, 0.2) is 36.5 Å². The van der Waals surface area contributed by atoms with E-state index in [1.807, 2.05) is 6.07 Å². The molecule has 2 aliphatic rings. The highest BCUT2D eigenvalue weighted by Crippen LogP contribution is 2.42. The Labute approximate surface area is 176 Å². The number of pyridine rings is 1. The molecule has 4 rings (SSSR count). The molecule has 0 spiro atoms. The molecule has 0 radical (unpaired) electrons. The molecule has 1 saturated carbocycles. The van der Waals surface area contributed by atoms with Crippen LogP contribution in [0.5, 0.6) is 0 Å². The van der Waals surface area contributed by atoms with Gasteiger partial charge in [-0.05, 0) is 48.1 Å². The number of carbonyl (C=O) groups excluding carboxylic acids is 2. The van der Waals surface area contributed by atoms with Crippen molar-refractivity contribution in [1.29, 1.82) is 0 Å². The van der Waals surface area contributed by atoms with Crippen LogP contribution in [-0.4, -0.2) is 37.2 Å². The van der Waals surface area contributed by atoms with Gasteiger partial charge in [0, 0.05) is 13.3 Å². The van der Waals surface area contributed by atoms with E-state index in [9.17, 15) is 22.8 Å². The molecule has 2 N–H and O–H groups in total. The highest BCUT2D eigenvalue weighted by Gasteiger charge is 2.33. The molecule has 1 aromatic heterocycles. The Balaban J connectivity index is 1.55. The van der Waals surface area contributed by atoms with Crippen LogP contribution in [0.25, 0.3) is 0 Å². The van der Waals surface area contributed by atoms with E-state index in [0.29, 0.717) is 23.0 Å². The van der Waals surface area contributed by atoms with Crippen LogP contribution in [0, 0.1) is 0 Å². The third-order valence-corrected chi connectivity index (χ3v) is 5.28. The summed E-state index contributed by atoms with van der Waals surface area (Å²) in [5, 5.41) is 5.48. The van der Waals surface area contributed by atoms with Gasteiger partial charge in [-0.15, -0.1) is 0 Å². The molecule has 1 fully saturated rings. The van der Waals surface area contributed by atoms with E-state index in [1.165, 1.54) is 24.1 Å². The van der Waals surface area contributed by atoms with Gasteiger partial charge in [-0.3, -0.25) is 9.69 Å². The van der Waals surface area contributed by atoms with Crippen LogP contribution in [0.2, 0.25) is 0 Å². The molecular formula is C21H21F3N4O3. The molecule has 0 saturated heterocycles. The fraction of sp³-hybridized carbons (Fsp3) is 0.381. The third kappa shape index (κ3) is 4.63. The minimum Gasteiger partial charge on any atom is -0.382 e. The Hall–Kier alpha value is -3.14. The third-order valence-electron chi connectivity index (χ3n) is 5.28. The first-order valence-corrected chi connectivity index (χ1v) is 9.80. The molecule has 2 aromatic rings. The molecule has 2 heterocycles. The number of carbonyl (C=O) groups is 2. The minimum atomic E-state index is -4.45. The molecule has 31 heavy (non-hydrogen) atoms. The molecule has 0 bridgehead atoms. The monoisotopic (exact) mass is 434 g/mol. The minimum absolute atomic E-state index is 0.0397. The number of nitrogens with one attached hydrogen (secondary N) is 2. The number of halogens is 3. The van der Waals surface area contributed by atoms with Crippen molar-refractivity contribution >= 4 is 23.4 Å². The number of urea groups is 1. The topological polar surface area (TPSA) is 83.6 Å². The maximum atomic E-state index is 13.0. The standard InChI is InChI=1S/C21H21F3N4O3/c1-31-11-17(13-4-6-15(7-5-13)21(22,23)24)27-20(30)28-10-18(29)26-16-8-14(12-2-3-12)9-25-19(16)28/h4-9,12,17H,2-3,10-11H2,1H3,(H,26,29)(H,27,30). The van der Waals surface area contributed by atoms with E-state index in [-0.39, 0.29) is 19.1 Å². The number of nitrogens with zero attached hydrogens (tertiary/aromatic N) is 2. The molecule has 1 atom stereocenters. The largest absolute Gasteiger partial charge is 0.416 e. The van der Waals surface area contributed by atoms with Gasteiger partial charge >= 0.3 is 12.2 Å². The predicted molar refractivity (Wildman–Crippen MR) is 107 cm³/mol. The SMILES string of the molecule is COCC(NC(=O)N1CC(=O)Nc2cc(C3CC3)cnc21)c1ccc(C(F)(F)F)cc1. The lowest BCUT2D eigenvalue weighted by molar-refractivity contribution is -0.137. The number of alkyl halides is 3. The van der Waals surface area contributed by atoms with E-state index in [1.54, 1.807) is 6.20 Å². The zero-order valence-electron chi connectivity index (χ0n) is 16.7. The number of methoxy groups -OCH3 is 1. The van der Waals surface area contributed by atoms with E-state index >= 15 is 0 Å². The average Bonchev–Trinajstić information content (AvgIpc) is 3.57. The maximum Gasteiger partial charge on any atom is 0.416 e. The first-order valence-electron chi connectivity index (χ1n) is 9.80. The van der Waals surface area contributed by atoms with Crippen LogP contribution in [0.1, 0.15) is 41.5 Å². The summed E-state index contributed by atoms with van der Waals surface area (Å²) in [6.07, 6.45) is -0.597. The van der Waals surface area contributed by atoms with Crippen molar-refractivity contribution in [1.82, 2.24) is 10.3 Å². The van der Waals surface area contributed by atoms with Gasteiger partial charge in [0.15, 0.2) is 5.82 Å². The number of aromatic nitrogens is 1. The van der Waals surface area contributed by atoms with Crippen LogP contribution in [0.3, 0.4) is 0 Å². The lowest BCUT2D eigenvalue weighted by Crippen LogP contribution is -2.49. The van der Waals surface area contributed by atoms with E-state index in [0.717, 1.165) is 30.5 Å². The number of hydrogen-bond donors (Lipinski definition) is 2. The molecule has 1 aromatic carbocycles. The predicted octanol–water partition coefficient (Wildman–Crippen LogP) is 3.83.